The first-order valence-corrected chi connectivity index (χ1v) is 11.4. The molecule has 0 aliphatic rings. The Bertz CT molecular complexity index is 294. The lowest BCUT2D eigenvalue weighted by Gasteiger charge is -2.11. The van der Waals surface area contributed by atoms with Crippen molar-refractivity contribution in [3.63, 3.8) is 0 Å². The van der Waals surface area contributed by atoms with Crippen molar-refractivity contribution in [1.82, 2.24) is 0 Å². The van der Waals surface area contributed by atoms with Crippen LogP contribution >= 0.6 is 0 Å². The van der Waals surface area contributed by atoms with Crippen LogP contribution in [-0.2, 0) is 0 Å². The van der Waals surface area contributed by atoms with E-state index in [-0.39, 0.29) is 6.61 Å². The molecule has 0 bridgehead atoms. The van der Waals surface area contributed by atoms with Crippen molar-refractivity contribution < 1.29 is 10.2 Å². The van der Waals surface area contributed by atoms with E-state index in [2.05, 4.69) is 6.92 Å². The van der Waals surface area contributed by atoms with Gasteiger partial charge in [0, 0.05) is 0 Å². The predicted octanol–water partition coefficient (Wildman–Crippen LogP) is 5.87. The quantitative estimate of drug-likeness (QED) is 0.185. The highest BCUT2D eigenvalue weighted by atomic mass is 16.3. The summed E-state index contributed by atoms with van der Waals surface area (Å²) in [5.41, 5.74) is 5.54. The number of aliphatic hydroxyl groups excluding tert-OH is 2. The van der Waals surface area contributed by atoms with Gasteiger partial charge in [0.05, 0.1) is 18.8 Å². The molecule has 0 saturated heterocycles. The van der Waals surface area contributed by atoms with E-state index < -0.39 is 12.1 Å². The fourth-order valence-electron chi connectivity index (χ4n) is 3.30. The third kappa shape index (κ3) is 18.4. The van der Waals surface area contributed by atoms with Crippen molar-refractivity contribution in [3.8, 4) is 0 Å². The SMILES string of the molecule is CCCCCCCCCCCCCCCCCC/C=C/C(O)C(N)CO. The second kappa shape index (κ2) is 20.9. The normalized spacial score (nSPS) is 14.2. The molecule has 4 N–H and O–H groups in total. The number of hydrogen-bond donors (Lipinski definition) is 3. The Labute approximate surface area is 163 Å². The number of nitrogens with two attached hydrogens (primary N) is 1. The first-order valence-electron chi connectivity index (χ1n) is 11.4. The fraction of sp³-hybridized carbons (Fsp3) is 0.913. The van der Waals surface area contributed by atoms with Gasteiger partial charge in [0.15, 0.2) is 0 Å². The molecule has 26 heavy (non-hydrogen) atoms. The standard InChI is InChI=1S/C23H47NO2/c1-2-3-4-5-6-7-8-9-10-11-12-13-14-15-16-17-18-19-20-23(26)22(24)21-25/h19-20,22-23,25-26H,2-18,21,24H2,1H3/b20-19+. The molecule has 0 fully saturated rings. The van der Waals surface area contributed by atoms with E-state index in [0.29, 0.717) is 0 Å². The first-order chi connectivity index (χ1) is 12.7. The van der Waals surface area contributed by atoms with E-state index in [0.717, 1.165) is 6.42 Å². The molecular formula is C23H47NO2. The first kappa shape index (κ1) is 25.6. The van der Waals surface area contributed by atoms with Gasteiger partial charge in [-0.2, -0.15) is 0 Å². The minimum atomic E-state index is -0.721. The van der Waals surface area contributed by atoms with Crippen LogP contribution in [-0.4, -0.2) is 29.0 Å². The van der Waals surface area contributed by atoms with Gasteiger partial charge < -0.3 is 15.9 Å². The Morgan fingerprint density at radius 2 is 1.08 bits per heavy atom. The number of rotatable bonds is 20. The molecular weight excluding hydrogens is 322 g/mol. The highest BCUT2D eigenvalue weighted by molar-refractivity contribution is 4.93. The molecule has 0 aromatic carbocycles. The summed E-state index contributed by atoms with van der Waals surface area (Å²) in [5, 5.41) is 18.4. The Morgan fingerprint density at radius 1 is 0.692 bits per heavy atom. The molecule has 0 saturated carbocycles. The van der Waals surface area contributed by atoms with Crippen molar-refractivity contribution in [1.29, 1.82) is 0 Å². The van der Waals surface area contributed by atoms with E-state index in [4.69, 9.17) is 10.8 Å². The van der Waals surface area contributed by atoms with Crippen molar-refractivity contribution in [2.24, 2.45) is 5.73 Å². The summed E-state index contributed by atoms with van der Waals surface area (Å²) in [5.74, 6) is 0. The van der Waals surface area contributed by atoms with Crippen LogP contribution in [0.3, 0.4) is 0 Å². The topological polar surface area (TPSA) is 66.5 Å². The summed E-state index contributed by atoms with van der Waals surface area (Å²) in [6, 6.07) is -0.558. The predicted molar refractivity (Wildman–Crippen MR) is 114 cm³/mol. The Balaban J connectivity index is 3.14. The minimum absolute atomic E-state index is 0.176. The summed E-state index contributed by atoms with van der Waals surface area (Å²) in [7, 11) is 0. The van der Waals surface area contributed by atoms with Gasteiger partial charge in [-0.15, -0.1) is 0 Å². The van der Waals surface area contributed by atoms with Crippen LogP contribution in [0.2, 0.25) is 0 Å². The summed E-state index contributed by atoms with van der Waals surface area (Å²) < 4.78 is 0. The van der Waals surface area contributed by atoms with E-state index in [1.807, 2.05) is 6.08 Å². The van der Waals surface area contributed by atoms with Gasteiger partial charge in [-0.05, 0) is 12.8 Å². The largest absolute Gasteiger partial charge is 0.395 e. The highest BCUT2D eigenvalue weighted by Crippen LogP contribution is 2.14. The lowest BCUT2D eigenvalue weighted by molar-refractivity contribution is 0.144. The average molecular weight is 370 g/mol. The maximum atomic E-state index is 9.58. The zero-order chi connectivity index (χ0) is 19.3. The van der Waals surface area contributed by atoms with Crippen molar-refractivity contribution in [2.75, 3.05) is 6.61 Å². The van der Waals surface area contributed by atoms with Gasteiger partial charge in [-0.3, -0.25) is 0 Å². The molecule has 0 spiro atoms. The Kier molecular flexibility index (Phi) is 20.6. The molecule has 0 heterocycles. The van der Waals surface area contributed by atoms with Crippen molar-refractivity contribution in [3.05, 3.63) is 12.2 Å². The number of unbranched alkanes of at least 4 members (excludes halogenated alkanes) is 16. The Hall–Kier alpha value is -0.380. The minimum Gasteiger partial charge on any atom is -0.395 e. The van der Waals surface area contributed by atoms with E-state index in [9.17, 15) is 5.11 Å². The highest BCUT2D eigenvalue weighted by Gasteiger charge is 2.08. The van der Waals surface area contributed by atoms with E-state index in [1.54, 1.807) is 6.08 Å². The summed E-state index contributed by atoms with van der Waals surface area (Å²) in [6.07, 6.45) is 26.2. The summed E-state index contributed by atoms with van der Waals surface area (Å²) in [4.78, 5) is 0. The molecule has 0 aromatic rings. The van der Waals surface area contributed by atoms with Gasteiger partial charge in [-0.25, -0.2) is 0 Å². The molecule has 2 unspecified atom stereocenters. The van der Waals surface area contributed by atoms with E-state index >= 15 is 0 Å². The molecule has 0 aromatic heterocycles. The lowest BCUT2D eigenvalue weighted by atomic mass is 10.0. The van der Waals surface area contributed by atoms with Crippen molar-refractivity contribution >= 4 is 0 Å². The van der Waals surface area contributed by atoms with Crippen LogP contribution in [0.25, 0.3) is 0 Å². The second-order valence-corrected chi connectivity index (χ2v) is 7.86. The average Bonchev–Trinajstić information content (AvgIpc) is 2.66. The molecule has 3 heteroatoms. The monoisotopic (exact) mass is 369 g/mol. The van der Waals surface area contributed by atoms with Crippen LogP contribution < -0.4 is 5.73 Å². The van der Waals surface area contributed by atoms with Crippen LogP contribution in [0, 0.1) is 0 Å². The maximum Gasteiger partial charge on any atom is 0.0894 e. The number of aliphatic hydroxyl groups is 2. The van der Waals surface area contributed by atoms with E-state index in [1.165, 1.54) is 103 Å². The van der Waals surface area contributed by atoms with Gasteiger partial charge >= 0.3 is 0 Å². The zero-order valence-electron chi connectivity index (χ0n) is 17.5. The van der Waals surface area contributed by atoms with Gasteiger partial charge in [0.25, 0.3) is 0 Å². The third-order valence-corrected chi connectivity index (χ3v) is 5.21. The molecule has 0 rings (SSSR count). The molecule has 0 aliphatic heterocycles. The molecule has 0 radical (unpaired) electrons. The second-order valence-electron chi connectivity index (χ2n) is 7.86. The number of allylic oxidation sites excluding steroid dienone is 1. The molecule has 0 amide bonds. The van der Waals surface area contributed by atoms with Crippen LogP contribution in [0.1, 0.15) is 116 Å². The molecule has 0 aliphatic carbocycles. The van der Waals surface area contributed by atoms with Crippen LogP contribution in [0.4, 0.5) is 0 Å². The fourth-order valence-corrected chi connectivity index (χ4v) is 3.30. The zero-order valence-corrected chi connectivity index (χ0v) is 17.5. The lowest BCUT2D eigenvalue weighted by Crippen LogP contribution is -2.36. The summed E-state index contributed by atoms with van der Waals surface area (Å²) >= 11 is 0. The molecule has 156 valence electrons. The smallest absolute Gasteiger partial charge is 0.0894 e. The summed E-state index contributed by atoms with van der Waals surface area (Å²) in [6.45, 7) is 2.10. The molecule has 3 nitrogen and oxygen atoms in total. The van der Waals surface area contributed by atoms with Gasteiger partial charge in [0.1, 0.15) is 0 Å². The van der Waals surface area contributed by atoms with Crippen LogP contribution in [0.15, 0.2) is 12.2 Å². The van der Waals surface area contributed by atoms with Gasteiger partial charge in [0.2, 0.25) is 0 Å². The molecule has 2 atom stereocenters. The van der Waals surface area contributed by atoms with Crippen LogP contribution in [0.5, 0.6) is 0 Å². The third-order valence-electron chi connectivity index (χ3n) is 5.21. The number of hydrogen-bond acceptors (Lipinski definition) is 3. The van der Waals surface area contributed by atoms with Crippen molar-refractivity contribution in [2.45, 2.75) is 128 Å². The Morgan fingerprint density at radius 3 is 1.46 bits per heavy atom. The van der Waals surface area contributed by atoms with Gasteiger partial charge in [-0.1, -0.05) is 115 Å². The maximum absolute atomic E-state index is 9.58.